The van der Waals surface area contributed by atoms with E-state index in [1.165, 1.54) is 24.0 Å². The number of nitrogens with zero attached hydrogens (tertiary/aromatic N) is 1. The minimum Gasteiger partial charge on any atom is -0.361 e. The van der Waals surface area contributed by atoms with Crippen LogP contribution in [0.5, 0.6) is 0 Å². The Kier molecular flexibility index (Phi) is 3.38. The van der Waals surface area contributed by atoms with Crippen LogP contribution in [-0.4, -0.2) is 5.16 Å². The van der Waals surface area contributed by atoms with Crippen molar-refractivity contribution >= 4 is 0 Å². The summed E-state index contributed by atoms with van der Waals surface area (Å²) >= 11 is 0. The Hall–Kier alpha value is -1.61. The quantitative estimate of drug-likeness (QED) is 0.889. The molecule has 1 heterocycles. The summed E-state index contributed by atoms with van der Waals surface area (Å²) in [6, 6.07) is 11.2. The molecular formula is C16H20N2O. The first-order chi connectivity index (χ1) is 9.25. The van der Waals surface area contributed by atoms with Crippen molar-refractivity contribution in [1.29, 1.82) is 0 Å². The number of nitrogens with one attached hydrogen (secondary N) is 1. The van der Waals surface area contributed by atoms with Crippen molar-refractivity contribution < 1.29 is 4.52 Å². The SMILES string of the molecule is Cc1noc(C)c1CNC(c1ccccc1)C1CC1. The maximum atomic E-state index is 5.22. The molecule has 0 amide bonds. The lowest BCUT2D eigenvalue weighted by molar-refractivity contribution is 0.391. The van der Waals surface area contributed by atoms with E-state index in [0.717, 1.165) is 23.9 Å². The van der Waals surface area contributed by atoms with Gasteiger partial charge in [-0.05, 0) is 38.2 Å². The minimum atomic E-state index is 0.454. The summed E-state index contributed by atoms with van der Waals surface area (Å²) in [5, 5.41) is 7.69. The fourth-order valence-electron chi connectivity index (χ4n) is 2.61. The van der Waals surface area contributed by atoms with Gasteiger partial charge in [0.25, 0.3) is 0 Å². The molecule has 1 aliphatic rings. The van der Waals surface area contributed by atoms with Crippen LogP contribution in [-0.2, 0) is 6.54 Å². The van der Waals surface area contributed by atoms with E-state index in [0.29, 0.717) is 6.04 Å². The average Bonchev–Trinajstić information content (AvgIpc) is 3.21. The summed E-state index contributed by atoms with van der Waals surface area (Å²) in [6.45, 7) is 4.81. The van der Waals surface area contributed by atoms with E-state index in [9.17, 15) is 0 Å². The van der Waals surface area contributed by atoms with Gasteiger partial charge in [0.05, 0.1) is 5.69 Å². The van der Waals surface area contributed by atoms with E-state index < -0.39 is 0 Å². The first-order valence-electron chi connectivity index (χ1n) is 6.96. The summed E-state index contributed by atoms with van der Waals surface area (Å²) in [5.41, 5.74) is 3.57. The molecule has 1 fully saturated rings. The second-order valence-corrected chi connectivity index (χ2v) is 5.41. The Morgan fingerprint density at radius 1 is 1.26 bits per heavy atom. The van der Waals surface area contributed by atoms with Crippen molar-refractivity contribution in [3.05, 3.63) is 52.9 Å². The van der Waals surface area contributed by atoms with Crippen LogP contribution in [0.15, 0.2) is 34.9 Å². The number of hydrogen-bond acceptors (Lipinski definition) is 3. The van der Waals surface area contributed by atoms with E-state index in [1.54, 1.807) is 0 Å². The summed E-state index contributed by atoms with van der Waals surface area (Å²) in [5.74, 6) is 1.70. The fourth-order valence-corrected chi connectivity index (χ4v) is 2.61. The van der Waals surface area contributed by atoms with E-state index in [4.69, 9.17) is 4.52 Å². The Morgan fingerprint density at radius 3 is 2.58 bits per heavy atom. The molecule has 0 bridgehead atoms. The van der Waals surface area contributed by atoms with Crippen molar-refractivity contribution in [3.8, 4) is 0 Å². The first kappa shape index (κ1) is 12.4. The molecule has 0 saturated heterocycles. The van der Waals surface area contributed by atoms with E-state index >= 15 is 0 Å². The third kappa shape index (κ3) is 2.71. The Labute approximate surface area is 114 Å². The topological polar surface area (TPSA) is 38.1 Å². The molecule has 1 saturated carbocycles. The lowest BCUT2D eigenvalue weighted by atomic mass is 10.0. The Balaban J connectivity index is 1.73. The van der Waals surface area contributed by atoms with Crippen molar-refractivity contribution in [1.82, 2.24) is 10.5 Å². The molecule has 1 aromatic heterocycles. The van der Waals surface area contributed by atoms with Crippen LogP contribution in [0.2, 0.25) is 0 Å². The van der Waals surface area contributed by atoms with Gasteiger partial charge in [-0.25, -0.2) is 0 Å². The van der Waals surface area contributed by atoms with Gasteiger partial charge in [0.2, 0.25) is 0 Å². The van der Waals surface area contributed by atoms with Crippen LogP contribution in [0.3, 0.4) is 0 Å². The number of aromatic nitrogens is 1. The molecule has 100 valence electrons. The van der Waals surface area contributed by atoms with Crippen LogP contribution in [0.4, 0.5) is 0 Å². The van der Waals surface area contributed by atoms with Gasteiger partial charge in [0.15, 0.2) is 0 Å². The molecule has 1 atom stereocenters. The molecule has 19 heavy (non-hydrogen) atoms. The summed E-state index contributed by atoms with van der Waals surface area (Å²) < 4.78 is 5.22. The third-order valence-electron chi connectivity index (χ3n) is 3.93. The second-order valence-electron chi connectivity index (χ2n) is 5.41. The monoisotopic (exact) mass is 256 g/mol. The predicted molar refractivity (Wildman–Crippen MR) is 74.7 cm³/mol. The smallest absolute Gasteiger partial charge is 0.138 e. The highest BCUT2D eigenvalue weighted by atomic mass is 16.5. The number of aryl methyl sites for hydroxylation is 2. The molecular weight excluding hydrogens is 236 g/mol. The van der Waals surface area contributed by atoms with Crippen molar-refractivity contribution in [2.75, 3.05) is 0 Å². The minimum absolute atomic E-state index is 0.454. The van der Waals surface area contributed by atoms with Gasteiger partial charge in [-0.2, -0.15) is 0 Å². The normalized spacial score (nSPS) is 16.5. The first-order valence-corrected chi connectivity index (χ1v) is 6.96. The van der Waals surface area contributed by atoms with Gasteiger partial charge in [-0.15, -0.1) is 0 Å². The molecule has 1 unspecified atom stereocenters. The fraction of sp³-hybridized carbons (Fsp3) is 0.438. The highest BCUT2D eigenvalue weighted by Gasteiger charge is 2.32. The summed E-state index contributed by atoms with van der Waals surface area (Å²) in [4.78, 5) is 0. The molecule has 2 aromatic rings. The van der Waals surface area contributed by atoms with Crippen molar-refractivity contribution in [3.63, 3.8) is 0 Å². The molecule has 0 radical (unpaired) electrons. The van der Waals surface area contributed by atoms with Crippen LogP contribution in [0.1, 0.15) is 41.5 Å². The second kappa shape index (κ2) is 5.17. The van der Waals surface area contributed by atoms with Crippen LogP contribution in [0, 0.1) is 19.8 Å². The molecule has 1 N–H and O–H groups in total. The van der Waals surface area contributed by atoms with Gasteiger partial charge >= 0.3 is 0 Å². The van der Waals surface area contributed by atoms with E-state index in [1.807, 2.05) is 13.8 Å². The highest BCUT2D eigenvalue weighted by molar-refractivity contribution is 5.24. The van der Waals surface area contributed by atoms with E-state index in [-0.39, 0.29) is 0 Å². The van der Waals surface area contributed by atoms with Gasteiger partial charge in [0, 0.05) is 18.2 Å². The summed E-state index contributed by atoms with van der Waals surface area (Å²) in [6.07, 6.45) is 2.66. The van der Waals surface area contributed by atoms with Gasteiger partial charge in [-0.3, -0.25) is 0 Å². The predicted octanol–water partition coefficient (Wildman–Crippen LogP) is 3.53. The standard InChI is InChI=1S/C16H20N2O/c1-11-15(12(2)19-18-11)10-17-16(14-8-9-14)13-6-4-3-5-7-13/h3-7,14,16-17H,8-10H2,1-2H3. The van der Waals surface area contributed by atoms with E-state index in [2.05, 4.69) is 40.8 Å². The number of hydrogen-bond donors (Lipinski definition) is 1. The Morgan fingerprint density at radius 2 is 2.00 bits per heavy atom. The summed E-state index contributed by atoms with van der Waals surface area (Å²) in [7, 11) is 0. The molecule has 3 heteroatoms. The largest absolute Gasteiger partial charge is 0.361 e. The van der Waals surface area contributed by atoms with Crippen molar-refractivity contribution in [2.24, 2.45) is 5.92 Å². The zero-order chi connectivity index (χ0) is 13.2. The van der Waals surface area contributed by atoms with Crippen molar-refractivity contribution in [2.45, 2.75) is 39.3 Å². The lowest BCUT2D eigenvalue weighted by Crippen LogP contribution is -2.23. The van der Waals surface area contributed by atoms with Gasteiger partial charge < -0.3 is 9.84 Å². The number of benzene rings is 1. The molecule has 1 aliphatic carbocycles. The van der Waals surface area contributed by atoms with Gasteiger partial charge in [-0.1, -0.05) is 35.5 Å². The highest BCUT2D eigenvalue weighted by Crippen LogP contribution is 2.41. The van der Waals surface area contributed by atoms with Crippen LogP contribution in [0.25, 0.3) is 0 Å². The van der Waals surface area contributed by atoms with Crippen LogP contribution >= 0.6 is 0 Å². The zero-order valence-electron chi connectivity index (χ0n) is 11.5. The third-order valence-corrected chi connectivity index (χ3v) is 3.93. The van der Waals surface area contributed by atoms with Gasteiger partial charge in [0.1, 0.15) is 5.76 Å². The zero-order valence-corrected chi connectivity index (χ0v) is 11.5. The molecule has 3 rings (SSSR count). The number of rotatable bonds is 5. The molecule has 0 spiro atoms. The Bertz CT molecular complexity index is 524. The molecule has 0 aliphatic heterocycles. The van der Waals surface area contributed by atoms with Crippen LogP contribution < -0.4 is 5.32 Å². The average molecular weight is 256 g/mol. The molecule has 3 nitrogen and oxygen atoms in total. The molecule has 1 aromatic carbocycles. The lowest BCUT2D eigenvalue weighted by Gasteiger charge is -2.18. The maximum Gasteiger partial charge on any atom is 0.138 e. The maximum absolute atomic E-state index is 5.22.